The second kappa shape index (κ2) is 4.62. The van der Waals surface area contributed by atoms with Crippen LogP contribution in [0.2, 0.25) is 0 Å². The summed E-state index contributed by atoms with van der Waals surface area (Å²) in [4.78, 5) is 0. The second-order valence-corrected chi connectivity index (χ2v) is 5.14. The summed E-state index contributed by atoms with van der Waals surface area (Å²) in [5.74, 6) is 0. The van der Waals surface area contributed by atoms with Crippen molar-refractivity contribution in [3.05, 3.63) is 51.8 Å². The van der Waals surface area contributed by atoms with Crippen molar-refractivity contribution in [1.29, 1.82) is 0 Å². The summed E-state index contributed by atoms with van der Waals surface area (Å²) in [7, 11) is 0. The molecule has 0 bridgehead atoms. The van der Waals surface area contributed by atoms with E-state index in [4.69, 9.17) is 0 Å². The van der Waals surface area contributed by atoms with Gasteiger partial charge in [-0.2, -0.15) is 0 Å². The Hall–Kier alpha value is -1.54. The first-order chi connectivity index (χ1) is 8.45. The number of aromatic nitrogens is 1. The zero-order valence-corrected chi connectivity index (χ0v) is 11.8. The van der Waals surface area contributed by atoms with Crippen LogP contribution in [0.25, 0.3) is 5.69 Å². The highest BCUT2D eigenvalue weighted by atomic mass is 16.3. The van der Waals surface area contributed by atoms with Gasteiger partial charge >= 0.3 is 0 Å². The van der Waals surface area contributed by atoms with E-state index in [9.17, 15) is 5.11 Å². The molecule has 0 amide bonds. The molecule has 0 fully saturated rings. The van der Waals surface area contributed by atoms with Crippen molar-refractivity contribution in [1.82, 2.24) is 4.57 Å². The summed E-state index contributed by atoms with van der Waals surface area (Å²) in [6.45, 7) is 10.7. The van der Waals surface area contributed by atoms with Crippen molar-refractivity contribution in [2.24, 2.45) is 0 Å². The topological polar surface area (TPSA) is 25.2 Å². The number of hydrogen-bond donors (Lipinski definition) is 1. The predicted octanol–water partition coefficient (Wildman–Crippen LogP) is 3.51. The van der Waals surface area contributed by atoms with Crippen LogP contribution in [0.4, 0.5) is 0 Å². The van der Waals surface area contributed by atoms with E-state index in [1.54, 1.807) is 0 Å². The van der Waals surface area contributed by atoms with Gasteiger partial charge in [0.1, 0.15) is 0 Å². The Morgan fingerprint density at radius 3 is 1.94 bits per heavy atom. The van der Waals surface area contributed by atoms with Crippen LogP contribution in [-0.2, 0) is 6.61 Å². The molecule has 0 aliphatic heterocycles. The normalized spacial score (nSPS) is 11.0. The van der Waals surface area contributed by atoms with Crippen LogP contribution in [0.1, 0.15) is 33.6 Å². The first-order valence-corrected chi connectivity index (χ1v) is 6.32. The van der Waals surface area contributed by atoms with Gasteiger partial charge in [0.2, 0.25) is 0 Å². The highest BCUT2D eigenvalue weighted by Gasteiger charge is 2.13. The van der Waals surface area contributed by atoms with Gasteiger partial charge in [0, 0.05) is 11.4 Å². The van der Waals surface area contributed by atoms with Gasteiger partial charge in [0.05, 0.1) is 12.3 Å². The van der Waals surface area contributed by atoms with Crippen molar-refractivity contribution in [3.8, 4) is 5.69 Å². The average molecular weight is 243 g/mol. The van der Waals surface area contributed by atoms with E-state index in [-0.39, 0.29) is 6.61 Å². The molecule has 0 saturated heterocycles. The first-order valence-electron chi connectivity index (χ1n) is 6.32. The molecular weight excluding hydrogens is 222 g/mol. The number of benzene rings is 1. The maximum atomic E-state index is 9.37. The molecule has 1 heterocycles. The fourth-order valence-electron chi connectivity index (χ4n) is 2.86. The quantitative estimate of drug-likeness (QED) is 0.858. The fourth-order valence-corrected chi connectivity index (χ4v) is 2.86. The summed E-state index contributed by atoms with van der Waals surface area (Å²) in [6.07, 6.45) is 0. The Bertz CT molecular complexity index is 570. The van der Waals surface area contributed by atoms with Crippen LogP contribution in [0.15, 0.2) is 18.2 Å². The summed E-state index contributed by atoms with van der Waals surface area (Å²) < 4.78 is 2.25. The van der Waals surface area contributed by atoms with Gasteiger partial charge < -0.3 is 9.67 Å². The van der Waals surface area contributed by atoms with Crippen LogP contribution in [-0.4, -0.2) is 9.67 Å². The van der Waals surface area contributed by atoms with Gasteiger partial charge in [0.25, 0.3) is 0 Å². The third kappa shape index (κ3) is 1.97. The van der Waals surface area contributed by atoms with Crippen molar-refractivity contribution in [2.75, 3.05) is 0 Å². The van der Waals surface area contributed by atoms with E-state index >= 15 is 0 Å². The lowest BCUT2D eigenvalue weighted by molar-refractivity contribution is 0.281. The van der Waals surface area contributed by atoms with Crippen LogP contribution in [0.5, 0.6) is 0 Å². The summed E-state index contributed by atoms with van der Waals surface area (Å²) in [5.41, 5.74) is 8.40. The van der Waals surface area contributed by atoms with Gasteiger partial charge in [-0.15, -0.1) is 0 Å². The average Bonchev–Trinajstić information content (AvgIpc) is 2.55. The molecule has 96 valence electrons. The molecule has 0 saturated carbocycles. The second-order valence-electron chi connectivity index (χ2n) is 5.14. The van der Waals surface area contributed by atoms with Gasteiger partial charge in [-0.1, -0.05) is 17.7 Å². The Morgan fingerprint density at radius 1 is 0.944 bits per heavy atom. The lowest BCUT2D eigenvalue weighted by Gasteiger charge is -2.17. The van der Waals surface area contributed by atoms with Crippen molar-refractivity contribution in [2.45, 2.75) is 41.2 Å². The maximum absolute atomic E-state index is 9.37. The zero-order valence-electron chi connectivity index (χ0n) is 11.8. The zero-order chi connectivity index (χ0) is 13.4. The number of nitrogens with zero attached hydrogens (tertiary/aromatic N) is 1. The molecule has 2 heteroatoms. The van der Waals surface area contributed by atoms with Crippen molar-refractivity contribution in [3.63, 3.8) is 0 Å². The number of rotatable bonds is 2. The summed E-state index contributed by atoms with van der Waals surface area (Å²) >= 11 is 0. The lowest BCUT2D eigenvalue weighted by Crippen LogP contribution is -2.05. The number of aliphatic hydroxyl groups is 1. The van der Waals surface area contributed by atoms with Gasteiger partial charge in [-0.25, -0.2) is 0 Å². The Morgan fingerprint density at radius 2 is 1.50 bits per heavy atom. The van der Waals surface area contributed by atoms with Crippen molar-refractivity contribution < 1.29 is 5.11 Å². The molecule has 0 aliphatic carbocycles. The Labute approximate surface area is 109 Å². The lowest BCUT2D eigenvalue weighted by atomic mass is 10.0. The minimum Gasteiger partial charge on any atom is -0.392 e. The van der Waals surface area contributed by atoms with E-state index in [0.29, 0.717) is 0 Å². The first kappa shape index (κ1) is 12.9. The molecule has 1 aromatic carbocycles. The Kier molecular flexibility index (Phi) is 3.31. The molecular formula is C16H21NO. The molecule has 0 aliphatic rings. The van der Waals surface area contributed by atoms with E-state index in [0.717, 1.165) is 11.3 Å². The molecule has 2 aromatic rings. The van der Waals surface area contributed by atoms with E-state index in [1.807, 2.05) is 0 Å². The fraction of sp³-hybridized carbons (Fsp3) is 0.375. The SMILES string of the molecule is Cc1cc(C)c(-n2c(C)cc(CO)c2C)c(C)c1. The van der Waals surface area contributed by atoms with E-state index in [1.165, 1.54) is 28.1 Å². The molecule has 2 nitrogen and oxygen atoms in total. The predicted molar refractivity (Wildman–Crippen MR) is 75.4 cm³/mol. The van der Waals surface area contributed by atoms with Crippen molar-refractivity contribution >= 4 is 0 Å². The largest absolute Gasteiger partial charge is 0.392 e. The third-order valence-corrected chi connectivity index (χ3v) is 3.57. The monoisotopic (exact) mass is 243 g/mol. The highest BCUT2D eigenvalue weighted by molar-refractivity contribution is 5.52. The molecule has 0 radical (unpaired) electrons. The standard InChI is InChI=1S/C16H21NO/c1-10-6-11(2)16(12(3)7-10)17-13(4)8-15(9-18)14(17)5/h6-8,18H,9H2,1-5H3. The third-order valence-electron chi connectivity index (χ3n) is 3.57. The molecule has 0 atom stereocenters. The molecule has 18 heavy (non-hydrogen) atoms. The maximum Gasteiger partial charge on any atom is 0.0699 e. The smallest absolute Gasteiger partial charge is 0.0699 e. The molecule has 2 rings (SSSR count). The number of aryl methyl sites for hydroxylation is 4. The molecule has 0 spiro atoms. The molecule has 0 unspecified atom stereocenters. The van der Waals surface area contributed by atoms with Gasteiger partial charge in [-0.3, -0.25) is 0 Å². The molecule has 1 N–H and O–H groups in total. The summed E-state index contributed by atoms with van der Waals surface area (Å²) in [6, 6.07) is 6.48. The highest BCUT2D eigenvalue weighted by Crippen LogP contribution is 2.27. The minimum absolute atomic E-state index is 0.101. The van der Waals surface area contributed by atoms with E-state index < -0.39 is 0 Å². The van der Waals surface area contributed by atoms with Crippen LogP contribution < -0.4 is 0 Å². The van der Waals surface area contributed by atoms with Gasteiger partial charge in [-0.05, 0) is 57.4 Å². The van der Waals surface area contributed by atoms with E-state index in [2.05, 4.69) is 57.4 Å². The minimum atomic E-state index is 0.101. The number of hydrogen-bond acceptors (Lipinski definition) is 1. The number of aliphatic hydroxyl groups excluding tert-OH is 1. The van der Waals surface area contributed by atoms with Gasteiger partial charge in [0.15, 0.2) is 0 Å². The van der Waals surface area contributed by atoms with Crippen LogP contribution >= 0.6 is 0 Å². The van der Waals surface area contributed by atoms with Crippen LogP contribution in [0, 0.1) is 34.6 Å². The molecule has 1 aromatic heterocycles. The van der Waals surface area contributed by atoms with Crippen LogP contribution in [0.3, 0.4) is 0 Å². The Balaban J connectivity index is 2.73. The summed E-state index contributed by atoms with van der Waals surface area (Å²) in [5, 5.41) is 9.37.